The van der Waals surface area contributed by atoms with Gasteiger partial charge in [0.2, 0.25) is 5.91 Å². The number of carbonyl (C=O) groups excluding carboxylic acids is 2. The molecule has 6 heterocycles. The van der Waals surface area contributed by atoms with E-state index in [1.54, 1.807) is 35.8 Å². The predicted molar refractivity (Wildman–Crippen MR) is 233 cm³/mol. The average molecular weight is 884 g/mol. The fourth-order valence-corrected chi connectivity index (χ4v) is 8.69. The van der Waals surface area contributed by atoms with Crippen molar-refractivity contribution >= 4 is 40.7 Å². The first-order valence-corrected chi connectivity index (χ1v) is 21.7. The summed E-state index contributed by atoms with van der Waals surface area (Å²) in [4.78, 5) is 31.2. The summed E-state index contributed by atoms with van der Waals surface area (Å²) in [7, 11) is 5.01. The molecule has 8 rings (SSSR count). The molecule has 2 saturated heterocycles. The molecule has 63 heavy (non-hydrogen) atoms. The molecule has 18 heteroatoms. The summed E-state index contributed by atoms with van der Waals surface area (Å²) in [6, 6.07) is 10.1. The highest BCUT2D eigenvalue weighted by Crippen LogP contribution is 2.39. The average Bonchev–Trinajstić information content (AvgIpc) is 3.88. The Labute approximate surface area is 366 Å². The maximum absolute atomic E-state index is 13.5. The zero-order chi connectivity index (χ0) is 45.5. The van der Waals surface area contributed by atoms with Crippen molar-refractivity contribution in [1.82, 2.24) is 29.4 Å². The number of hydrogen-bond acceptors (Lipinski definition) is 10. The van der Waals surface area contributed by atoms with Crippen LogP contribution in [0.4, 0.5) is 51.1 Å². The Kier molecular flexibility index (Phi) is 15.6. The minimum Gasteiger partial charge on any atom is -0.453 e. The predicted octanol–water partition coefficient (Wildman–Crippen LogP) is 8.83. The number of halogens is 4. The first-order chi connectivity index (χ1) is 30.3. The molecule has 2 aromatic carbocycles. The van der Waals surface area contributed by atoms with E-state index in [9.17, 15) is 27.2 Å². The van der Waals surface area contributed by atoms with Gasteiger partial charge in [0.25, 0.3) is 12.9 Å². The fourth-order valence-electron chi connectivity index (χ4n) is 8.69. The van der Waals surface area contributed by atoms with Crippen LogP contribution in [0.1, 0.15) is 111 Å². The van der Waals surface area contributed by atoms with E-state index in [0.717, 1.165) is 54.6 Å². The van der Waals surface area contributed by atoms with Crippen LogP contribution in [0.2, 0.25) is 0 Å². The lowest BCUT2D eigenvalue weighted by Gasteiger charge is -2.29. The number of rotatable bonds is 8. The molecule has 0 bridgehead atoms. The Hall–Kier alpha value is -5.36. The Morgan fingerprint density at radius 1 is 0.746 bits per heavy atom. The molecule has 4 aliphatic rings. The van der Waals surface area contributed by atoms with Gasteiger partial charge >= 0.3 is 6.09 Å². The number of nitrogens with zero attached hydrogens (tertiary/aromatic N) is 8. The lowest BCUT2D eigenvalue weighted by Crippen LogP contribution is -2.37. The number of amides is 2. The van der Waals surface area contributed by atoms with Crippen molar-refractivity contribution in [2.45, 2.75) is 104 Å². The van der Waals surface area contributed by atoms with Crippen LogP contribution in [0.25, 0.3) is 0 Å². The number of carbonyl (C=O) groups is 2. The van der Waals surface area contributed by atoms with Gasteiger partial charge in [0.1, 0.15) is 0 Å². The Morgan fingerprint density at radius 2 is 1.19 bits per heavy atom. The minimum absolute atomic E-state index is 0.0123. The highest BCUT2D eigenvalue weighted by molar-refractivity contribution is 5.75. The molecule has 2 aromatic heterocycles. The smallest absolute Gasteiger partial charge is 0.409 e. The molecular weight excluding hydrogens is 823 g/mol. The van der Waals surface area contributed by atoms with Crippen LogP contribution in [0.5, 0.6) is 0 Å². The van der Waals surface area contributed by atoms with Crippen LogP contribution >= 0.6 is 0 Å². The van der Waals surface area contributed by atoms with Crippen molar-refractivity contribution in [2.24, 2.45) is 0 Å². The number of nitrogen functional groups attached to an aromatic ring is 1. The van der Waals surface area contributed by atoms with E-state index < -0.39 is 12.9 Å². The molecule has 4 aromatic rings. The lowest BCUT2D eigenvalue weighted by molar-refractivity contribution is -0.129. The molecule has 2 fully saturated rings. The van der Waals surface area contributed by atoms with Gasteiger partial charge in [-0.25, -0.2) is 22.4 Å². The first kappa shape index (κ1) is 47.1. The number of anilines is 5. The van der Waals surface area contributed by atoms with E-state index in [4.69, 9.17) is 30.1 Å². The van der Waals surface area contributed by atoms with Gasteiger partial charge in [0.15, 0.2) is 11.6 Å². The van der Waals surface area contributed by atoms with Gasteiger partial charge in [0.05, 0.1) is 32.3 Å². The second-order valence-corrected chi connectivity index (χ2v) is 16.0. The molecule has 2 amide bonds. The van der Waals surface area contributed by atoms with Crippen LogP contribution in [0.15, 0.2) is 36.4 Å². The van der Waals surface area contributed by atoms with Crippen molar-refractivity contribution in [3.63, 3.8) is 0 Å². The van der Waals surface area contributed by atoms with Crippen molar-refractivity contribution in [3.8, 4) is 0 Å². The number of benzene rings is 2. The van der Waals surface area contributed by atoms with E-state index in [-0.39, 0.29) is 40.9 Å². The van der Waals surface area contributed by atoms with Gasteiger partial charge in [-0.3, -0.25) is 14.2 Å². The van der Waals surface area contributed by atoms with Gasteiger partial charge in [-0.1, -0.05) is 19.9 Å². The number of hydrogen-bond donors (Lipinski definition) is 1. The van der Waals surface area contributed by atoms with Crippen LogP contribution < -0.4 is 15.5 Å². The van der Waals surface area contributed by atoms with Gasteiger partial charge in [-0.2, -0.15) is 10.2 Å². The number of ether oxygens (including phenoxy) is 3. The van der Waals surface area contributed by atoms with Crippen LogP contribution in [-0.2, 0) is 44.9 Å². The number of fused-ring (bicyclic) bond motifs is 2. The largest absolute Gasteiger partial charge is 0.453 e. The monoisotopic (exact) mass is 883 g/mol. The molecular formula is C45H61F4N9O5. The molecule has 0 unspecified atom stereocenters. The van der Waals surface area contributed by atoms with Crippen LogP contribution in [-0.4, -0.2) is 102 Å². The van der Waals surface area contributed by atoms with Crippen LogP contribution in [0.3, 0.4) is 0 Å². The maximum Gasteiger partial charge on any atom is 0.409 e. The third-order valence-electron chi connectivity index (χ3n) is 12.3. The van der Waals surface area contributed by atoms with Gasteiger partial charge in [0, 0.05) is 124 Å². The molecule has 344 valence electrons. The number of aryl methyl sites for hydroxylation is 1. The molecule has 14 nitrogen and oxygen atoms in total. The topological polar surface area (TPSA) is 136 Å². The molecule has 0 atom stereocenters. The summed E-state index contributed by atoms with van der Waals surface area (Å²) < 4.78 is 73.7. The zero-order valence-electron chi connectivity index (χ0n) is 37.4. The highest BCUT2D eigenvalue weighted by Gasteiger charge is 2.34. The molecule has 0 aliphatic carbocycles. The first-order valence-electron chi connectivity index (χ1n) is 21.7. The third kappa shape index (κ3) is 10.2. The number of aromatic nitrogens is 4. The lowest BCUT2D eigenvalue weighted by atomic mass is 10.0. The van der Waals surface area contributed by atoms with Gasteiger partial charge in [-0.15, -0.1) is 0 Å². The molecule has 0 saturated carbocycles. The summed E-state index contributed by atoms with van der Waals surface area (Å²) in [6.07, 6.45) is -0.687. The zero-order valence-corrected chi connectivity index (χ0v) is 37.4. The summed E-state index contributed by atoms with van der Waals surface area (Å²) in [6.45, 7) is 12.0. The van der Waals surface area contributed by atoms with E-state index in [1.807, 2.05) is 43.8 Å². The molecule has 0 radical (unpaired) electrons. The van der Waals surface area contributed by atoms with Crippen molar-refractivity contribution in [3.05, 3.63) is 75.6 Å². The van der Waals surface area contributed by atoms with Gasteiger partial charge in [-0.05, 0) is 68.5 Å². The maximum atomic E-state index is 13.5. The normalized spacial score (nSPS) is 16.7. The Bertz CT molecular complexity index is 2200. The quantitative estimate of drug-likeness (QED) is 0.135. The minimum atomic E-state index is -2.65. The third-order valence-corrected chi connectivity index (χ3v) is 12.3. The summed E-state index contributed by atoms with van der Waals surface area (Å²) >= 11 is 0. The summed E-state index contributed by atoms with van der Waals surface area (Å²) in [5.41, 5.74) is 11.5. The number of alkyl halides is 4. The van der Waals surface area contributed by atoms with E-state index >= 15 is 0 Å². The molecule has 2 N–H and O–H groups in total. The Balaban J connectivity index is 0.000000202. The van der Waals surface area contributed by atoms with Crippen molar-refractivity contribution in [1.29, 1.82) is 0 Å². The van der Waals surface area contributed by atoms with E-state index in [2.05, 4.69) is 9.36 Å². The number of nitrogens with two attached hydrogens (primary N) is 1. The SMILES string of the molecule is CC.CC(=O)N1CCc2c(c(N(C)c3ccc(N)c(C(F)F)c3)nn2C2CCOCC2)C1.COC(=O)N1CCc2c(c(N(C)c3ccc(C)c(C(F)F)c3)nn2C2CCOCC2)C1. The standard InChI is InChI=1S/C22H28F2N4O3.C21H27F2N5O2.C2H6/c1-14-4-5-16(12-17(14)20(23)24)26(2)21-18-13-27(22(29)30-3)9-6-19(18)28(25-21)15-7-10-31-11-8-15;1-13(29)27-8-5-19-17(12-27)21(25-28(19)14-6-9-30-10-7-14)26(2)15-3-4-18(24)16(11-15)20(22)23;1-2/h4-5,12,15,20H,6-11,13H2,1-3H3;3-4,11,14,20H,5-10,12,24H2,1-2H3;1-2H3. The van der Waals surface area contributed by atoms with Crippen molar-refractivity contribution in [2.75, 3.05) is 76.3 Å². The molecule has 4 aliphatic heterocycles. The summed E-state index contributed by atoms with van der Waals surface area (Å²) in [5, 5.41) is 9.84. The van der Waals surface area contributed by atoms with Crippen molar-refractivity contribution < 1.29 is 41.4 Å². The summed E-state index contributed by atoms with van der Waals surface area (Å²) in [5.74, 6) is 1.38. The highest BCUT2D eigenvalue weighted by atomic mass is 19.3. The number of methoxy groups -OCH3 is 1. The van der Waals surface area contributed by atoms with E-state index in [1.165, 1.54) is 25.3 Å². The second kappa shape index (κ2) is 20.9. The molecule has 0 spiro atoms. The van der Waals surface area contributed by atoms with E-state index in [0.29, 0.717) is 87.6 Å². The van der Waals surface area contributed by atoms with Crippen LogP contribution in [0, 0.1) is 6.92 Å². The second-order valence-electron chi connectivity index (χ2n) is 16.0. The Morgan fingerprint density at radius 3 is 1.65 bits per heavy atom. The van der Waals surface area contributed by atoms with Gasteiger partial charge < -0.3 is 39.5 Å². The fraction of sp³-hybridized carbons (Fsp3) is 0.556.